The normalized spacial score (nSPS) is 19.1. The number of hydrogen-bond donors (Lipinski definition) is 0. The Hall–Kier alpha value is -1.39. The van der Waals surface area contributed by atoms with Crippen LogP contribution in [-0.2, 0) is 20.0 Å². The van der Waals surface area contributed by atoms with E-state index in [9.17, 15) is 4.79 Å². The molecule has 4 heteroatoms. The van der Waals surface area contributed by atoms with Crippen LogP contribution in [0.5, 0.6) is 0 Å². The van der Waals surface area contributed by atoms with E-state index in [1.54, 1.807) is 6.92 Å². The lowest BCUT2D eigenvalue weighted by Crippen LogP contribution is -2.39. The molecule has 1 unspecified atom stereocenters. The molecule has 0 N–H and O–H groups in total. The maximum atomic E-state index is 11.6. The van der Waals surface area contributed by atoms with Crippen LogP contribution in [0.3, 0.4) is 0 Å². The van der Waals surface area contributed by atoms with Gasteiger partial charge in [-0.05, 0) is 56.7 Å². The van der Waals surface area contributed by atoms with Crippen LogP contribution in [-0.4, -0.2) is 27.8 Å². The van der Waals surface area contributed by atoms with Crippen LogP contribution in [0.25, 0.3) is 0 Å². The number of ketones is 1. The Morgan fingerprint density at radius 1 is 1.39 bits per heavy atom. The maximum absolute atomic E-state index is 11.6. The molecule has 0 saturated carbocycles. The van der Waals surface area contributed by atoms with Gasteiger partial charge in [-0.1, -0.05) is 12.5 Å². The molecule has 1 atom stereocenters. The second-order valence-electron chi connectivity index (χ2n) is 6.63. The molecule has 0 radical (unpaired) electrons. The minimum absolute atomic E-state index is 0.153. The molecule has 1 aliphatic heterocycles. The lowest BCUT2D eigenvalue weighted by atomic mass is 9.97. The summed E-state index contributed by atoms with van der Waals surface area (Å²) in [5, 5.41) is 2.17. The van der Waals surface area contributed by atoms with Gasteiger partial charge in [-0.3, -0.25) is 9.69 Å². The van der Waals surface area contributed by atoms with Crippen LogP contribution in [0.15, 0.2) is 29.8 Å². The summed E-state index contributed by atoms with van der Waals surface area (Å²) in [6, 6.07) is 7.12. The molecule has 1 saturated heterocycles. The number of rotatable bonds is 6. The molecule has 1 fully saturated rings. The predicted molar refractivity (Wildman–Crippen MR) is 96.1 cm³/mol. The highest BCUT2D eigenvalue weighted by atomic mass is 32.1. The van der Waals surface area contributed by atoms with Gasteiger partial charge in [-0.2, -0.15) is 0 Å². The van der Waals surface area contributed by atoms with E-state index in [2.05, 4.69) is 33.0 Å². The number of carbonyl (C=O) groups is 1. The lowest BCUT2D eigenvalue weighted by molar-refractivity contribution is 0.101. The average molecular weight is 330 g/mol. The van der Waals surface area contributed by atoms with Crippen LogP contribution >= 0.6 is 11.3 Å². The molecule has 0 aromatic carbocycles. The van der Waals surface area contributed by atoms with E-state index in [0.29, 0.717) is 6.04 Å². The first-order chi connectivity index (χ1) is 11.1. The van der Waals surface area contributed by atoms with Crippen LogP contribution in [0.2, 0.25) is 0 Å². The van der Waals surface area contributed by atoms with Crippen molar-refractivity contribution in [2.75, 3.05) is 6.54 Å². The van der Waals surface area contributed by atoms with Crippen molar-refractivity contribution < 1.29 is 4.79 Å². The lowest BCUT2D eigenvalue weighted by Gasteiger charge is -2.35. The maximum Gasteiger partial charge on any atom is 0.161 e. The Kier molecular flexibility index (Phi) is 5.34. The van der Waals surface area contributed by atoms with E-state index in [1.165, 1.54) is 49.2 Å². The van der Waals surface area contributed by atoms with Gasteiger partial charge < -0.3 is 4.57 Å². The fraction of sp³-hybridized carbons (Fsp3) is 0.526. The van der Waals surface area contributed by atoms with Crippen molar-refractivity contribution in [3.63, 3.8) is 0 Å². The third kappa shape index (κ3) is 4.12. The van der Waals surface area contributed by atoms with Crippen molar-refractivity contribution in [2.24, 2.45) is 7.05 Å². The Morgan fingerprint density at radius 3 is 2.96 bits per heavy atom. The van der Waals surface area contributed by atoms with Gasteiger partial charge in [0.25, 0.3) is 0 Å². The number of likely N-dealkylation sites (tertiary alicyclic amines) is 1. The molecule has 2 aromatic heterocycles. The summed E-state index contributed by atoms with van der Waals surface area (Å²) < 4.78 is 2.11. The van der Waals surface area contributed by atoms with E-state index < -0.39 is 0 Å². The molecule has 23 heavy (non-hydrogen) atoms. The second-order valence-corrected chi connectivity index (χ2v) is 7.66. The van der Waals surface area contributed by atoms with Crippen LogP contribution in [0, 0.1) is 0 Å². The molecular weight excluding hydrogens is 304 g/mol. The Morgan fingerprint density at radius 2 is 2.26 bits per heavy atom. The number of Topliss-reactive ketones (excluding diaryl/α,β-unsaturated/α-hetero) is 1. The zero-order valence-corrected chi connectivity index (χ0v) is 14.9. The number of carbonyl (C=O) groups excluding carboxylic acids is 1. The monoisotopic (exact) mass is 330 g/mol. The first kappa shape index (κ1) is 16.5. The van der Waals surface area contributed by atoms with Crippen molar-refractivity contribution in [1.29, 1.82) is 0 Å². The quantitative estimate of drug-likeness (QED) is 0.739. The fourth-order valence-electron chi connectivity index (χ4n) is 3.53. The topological polar surface area (TPSA) is 25.2 Å². The van der Waals surface area contributed by atoms with Crippen molar-refractivity contribution in [3.8, 4) is 0 Å². The Bertz CT molecular complexity index is 644. The molecule has 2 aromatic rings. The van der Waals surface area contributed by atoms with Gasteiger partial charge in [0, 0.05) is 42.0 Å². The van der Waals surface area contributed by atoms with E-state index >= 15 is 0 Å². The minimum atomic E-state index is 0.153. The van der Waals surface area contributed by atoms with Gasteiger partial charge in [0.2, 0.25) is 0 Å². The van der Waals surface area contributed by atoms with Crippen molar-refractivity contribution in [2.45, 2.75) is 51.6 Å². The zero-order chi connectivity index (χ0) is 16.2. The van der Waals surface area contributed by atoms with Crippen LogP contribution in [0.4, 0.5) is 0 Å². The highest BCUT2D eigenvalue weighted by Crippen LogP contribution is 2.25. The molecule has 0 aliphatic carbocycles. The summed E-state index contributed by atoms with van der Waals surface area (Å²) in [5.74, 6) is 0.153. The van der Waals surface area contributed by atoms with Crippen LogP contribution < -0.4 is 0 Å². The fourth-order valence-corrected chi connectivity index (χ4v) is 4.25. The minimum Gasteiger partial charge on any atom is -0.353 e. The Labute approximate surface area is 142 Å². The molecule has 3 nitrogen and oxygen atoms in total. The van der Waals surface area contributed by atoms with Crippen molar-refractivity contribution >= 4 is 17.1 Å². The standard InChI is InChI=1S/C19H26N2OS/c1-15(22)16-12-18(20(2)13-16)14-21-10-4-3-6-17(21)8-9-19-7-5-11-23-19/h5,7,11-13,17H,3-4,6,8-10,14H2,1-2H3. The van der Waals surface area contributed by atoms with E-state index in [4.69, 9.17) is 0 Å². The van der Waals surface area contributed by atoms with E-state index in [0.717, 1.165) is 12.1 Å². The smallest absolute Gasteiger partial charge is 0.161 e. The molecule has 124 valence electrons. The van der Waals surface area contributed by atoms with E-state index in [-0.39, 0.29) is 5.78 Å². The summed E-state index contributed by atoms with van der Waals surface area (Å²) >= 11 is 1.87. The highest BCUT2D eigenvalue weighted by molar-refractivity contribution is 7.09. The number of thiophene rings is 1. The second kappa shape index (κ2) is 7.45. The first-order valence-corrected chi connectivity index (χ1v) is 9.44. The van der Waals surface area contributed by atoms with Gasteiger partial charge in [0.05, 0.1) is 0 Å². The third-order valence-corrected chi connectivity index (χ3v) is 5.87. The number of aromatic nitrogens is 1. The molecular formula is C19H26N2OS. The average Bonchev–Trinajstić information content (AvgIpc) is 3.17. The van der Waals surface area contributed by atoms with Gasteiger partial charge in [-0.15, -0.1) is 11.3 Å². The summed E-state index contributed by atoms with van der Waals surface area (Å²) in [7, 11) is 2.05. The SMILES string of the molecule is CC(=O)c1cc(CN2CCCCC2CCc2cccs2)n(C)c1. The Balaban J connectivity index is 1.65. The van der Waals surface area contributed by atoms with Gasteiger partial charge in [0.15, 0.2) is 5.78 Å². The summed E-state index contributed by atoms with van der Waals surface area (Å²) in [6.07, 6.45) is 8.32. The third-order valence-electron chi connectivity index (χ3n) is 4.93. The highest BCUT2D eigenvalue weighted by Gasteiger charge is 2.23. The molecule has 0 bridgehead atoms. The van der Waals surface area contributed by atoms with Gasteiger partial charge in [-0.25, -0.2) is 0 Å². The molecule has 0 amide bonds. The summed E-state index contributed by atoms with van der Waals surface area (Å²) in [5.41, 5.74) is 2.08. The largest absolute Gasteiger partial charge is 0.353 e. The van der Waals surface area contributed by atoms with Crippen molar-refractivity contribution in [3.05, 3.63) is 45.9 Å². The molecule has 1 aliphatic rings. The van der Waals surface area contributed by atoms with Gasteiger partial charge >= 0.3 is 0 Å². The number of nitrogens with zero attached hydrogens (tertiary/aromatic N) is 2. The first-order valence-electron chi connectivity index (χ1n) is 8.56. The summed E-state index contributed by atoms with van der Waals surface area (Å²) in [6.45, 7) is 3.78. The van der Waals surface area contributed by atoms with E-state index in [1.807, 2.05) is 24.6 Å². The molecule has 3 heterocycles. The van der Waals surface area contributed by atoms with Crippen molar-refractivity contribution in [1.82, 2.24) is 9.47 Å². The van der Waals surface area contributed by atoms with Crippen LogP contribution in [0.1, 0.15) is 53.5 Å². The molecule has 3 rings (SSSR count). The number of piperidine rings is 1. The zero-order valence-electron chi connectivity index (χ0n) is 14.1. The molecule has 0 spiro atoms. The number of aryl methyl sites for hydroxylation is 2. The van der Waals surface area contributed by atoms with Gasteiger partial charge in [0.1, 0.15) is 0 Å². The summed E-state index contributed by atoms with van der Waals surface area (Å²) in [4.78, 5) is 15.7. The predicted octanol–water partition coefficient (Wildman–Crippen LogP) is 4.28. The number of hydrogen-bond acceptors (Lipinski definition) is 3.